The van der Waals surface area contributed by atoms with Crippen molar-refractivity contribution in [3.05, 3.63) is 130 Å². The maximum Gasteiger partial charge on any atom is -0.0162 e. The van der Waals surface area contributed by atoms with Crippen molar-refractivity contribution in [3.8, 4) is 0 Å². The molecule has 0 N–H and O–H groups in total. The molecule has 0 aliphatic heterocycles. The second-order valence-corrected chi connectivity index (χ2v) is 12.7. The Balaban J connectivity index is 1.04. The lowest BCUT2D eigenvalue weighted by Crippen LogP contribution is -2.04. The minimum Gasteiger partial charge on any atom is -0.0582 e. The molecule has 7 rings (SSSR count). The van der Waals surface area contributed by atoms with E-state index in [0.717, 1.165) is 11.8 Å². The van der Waals surface area contributed by atoms with Crippen LogP contribution in [0.3, 0.4) is 0 Å². The molecule has 2 aliphatic carbocycles. The van der Waals surface area contributed by atoms with Crippen LogP contribution in [0.15, 0.2) is 97.1 Å². The fourth-order valence-corrected chi connectivity index (χ4v) is 7.26. The highest BCUT2D eigenvalue weighted by atomic mass is 14.2. The van der Waals surface area contributed by atoms with Crippen LogP contribution < -0.4 is 0 Å². The van der Waals surface area contributed by atoms with Gasteiger partial charge in [0.1, 0.15) is 0 Å². The lowest BCUT2D eigenvalue weighted by Gasteiger charge is -2.21. The zero-order chi connectivity index (χ0) is 28.1. The normalized spacial score (nSPS) is 17.1. The number of rotatable bonds is 6. The van der Waals surface area contributed by atoms with Gasteiger partial charge in [0.25, 0.3) is 0 Å². The summed E-state index contributed by atoms with van der Waals surface area (Å²) in [6, 6.07) is 36.8. The van der Waals surface area contributed by atoms with Crippen LogP contribution in [0.4, 0.5) is 0 Å². The van der Waals surface area contributed by atoms with E-state index in [0.29, 0.717) is 0 Å². The fourth-order valence-electron chi connectivity index (χ4n) is 7.26. The van der Waals surface area contributed by atoms with Crippen molar-refractivity contribution in [3.63, 3.8) is 0 Å². The van der Waals surface area contributed by atoms with Crippen LogP contribution in [0.5, 0.6) is 0 Å². The van der Waals surface area contributed by atoms with Crippen LogP contribution >= 0.6 is 0 Å². The monoisotopic (exact) mass is 546 g/mol. The lowest BCUT2D eigenvalue weighted by molar-refractivity contribution is 0.443. The maximum atomic E-state index is 2.35. The second kappa shape index (κ2) is 12.5. The first-order chi connectivity index (χ1) is 20.8. The Morgan fingerprint density at radius 1 is 0.333 bits per heavy atom. The van der Waals surface area contributed by atoms with Gasteiger partial charge in [0.05, 0.1) is 0 Å². The third-order valence-electron chi connectivity index (χ3n) is 9.81. The summed E-state index contributed by atoms with van der Waals surface area (Å²) in [6.45, 7) is 0. The number of hydrogen-bond acceptors (Lipinski definition) is 0. The molecular weight excluding hydrogens is 504 g/mol. The summed E-state index contributed by atoms with van der Waals surface area (Å²) in [6.07, 6.45) is 22.8. The van der Waals surface area contributed by atoms with Crippen molar-refractivity contribution in [2.75, 3.05) is 0 Å². The van der Waals surface area contributed by atoms with E-state index in [1.54, 1.807) is 0 Å². The van der Waals surface area contributed by atoms with E-state index >= 15 is 0 Å². The van der Waals surface area contributed by atoms with E-state index < -0.39 is 0 Å². The molecule has 5 aromatic carbocycles. The van der Waals surface area contributed by atoms with E-state index in [9.17, 15) is 0 Å². The van der Waals surface area contributed by atoms with Crippen molar-refractivity contribution in [2.24, 2.45) is 0 Å². The molecule has 0 atom stereocenters. The molecule has 2 fully saturated rings. The Kier molecular flexibility index (Phi) is 8.05. The first kappa shape index (κ1) is 27.0. The van der Waals surface area contributed by atoms with Gasteiger partial charge in [0.2, 0.25) is 0 Å². The van der Waals surface area contributed by atoms with Crippen molar-refractivity contribution >= 4 is 45.8 Å². The highest BCUT2D eigenvalue weighted by Gasteiger charge is 2.16. The summed E-state index contributed by atoms with van der Waals surface area (Å²) in [5.41, 5.74) is 8.07. The zero-order valence-electron chi connectivity index (χ0n) is 24.8. The largest absolute Gasteiger partial charge is 0.0582 e. The van der Waals surface area contributed by atoms with Gasteiger partial charge >= 0.3 is 0 Å². The highest BCUT2D eigenvalue weighted by Crippen LogP contribution is 2.34. The van der Waals surface area contributed by atoms with Crippen molar-refractivity contribution in [2.45, 2.75) is 76.0 Å². The SMILES string of the molecule is C(=C\c1ccc2cc3cc(/C=C/c4ccc(C5CCCCC5)cc4)ccc3cc2c1)/c1ccc(C2CCCCC2)cc1. The molecule has 5 aromatic rings. The van der Waals surface area contributed by atoms with Gasteiger partial charge in [0.15, 0.2) is 0 Å². The van der Waals surface area contributed by atoms with Crippen LogP contribution in [0, 0.1) is 0 Å². The van der Waals surface area contributed by atoms with E-state index in [4.69, 9.17) is 0 Å². The van der Waals surface area contributed by atoms with Crippen LogP contribution in [-0.4, -0.2) is 0 Å². The van der Waals surface area contributed by atoms with Crippen LogP contribution in [0.25, 0.3) is 45.8 Å². The molecule has 0 nitrogen and oxygen atoms in total. The summed E-state index contributed by atoms with van der Waals surface area (Å²) in [5.74, 6) is 1.53. The molecule has 210 valence electrons. The van der Waals surface area contributed by atoms with Gasteiger partial charge in [-0.3, -0.25) is 0 Å². The third kappa shape index (κ3) is 6.29. The predicted octanol–water partition coefficient (Wildman–Crippen LogP) is 12.4. The van der Waals surface area contributed by atoms with E-state index in [2.05, 4.69) is 121 Å². The van der Waals surface area contributed by atoms with Gasteiger partial charge in [-0.2, -0.15) is 0 Å². The standard InChI is InChI=1S/C42H42/c1-3-7-35(8-4-1)37-21-15-31(16-22-37)11-13-33-19-25-39-30-42-28-34(20-26-40(42)29-41(39)27-33)14-12-32-17-23-38(24-18-32)36-9-5-2-6-10-36/h11-30,35-36H,1-10H2/b13-11+,14-12+. The molecule has 2 aliphatic rings. The minimum absolute atomic E-state index is 0.766. The maximum absolute atomic E-state index is 2.35. The molecule has 0 heteroatoms. The fraction of sp³-hybridized carbons (Fsp3) is 0.286. The summed E-state index contributed by atoms with van der Waals surface area (Å²) >= 11 is 0. The molecule has 0 spiro atoms. The molecule has 0 bridgehead atoms. The van der Waals surface area contributed by atoms with Gasteiger partial charge in [-0.15, -0.1) is 0 Å². The molecule has 42 heavy (non-hydrogen) atoms. The number of fused-ring (bicyclic) bond motifs is 2. The van der Waals surface area contributed by atoms with Gasteiger partial charge in [0, 0.05) is 0 Å². The molecular formula is C42H42. The van der Waals surface area contributed by atoms with Gasteiger partial charge in [-0.05, 0) is 117 Å². The van der Waals surface area contributed by atoms with Crippen LogP contribution in [0.1, 0.15) is 109 Å². The molecule has 0 heterocycles. The molecule has 0 saturated heterocycles. The molecule has 0 aromatic heterocycles. The Labute approximate surface area is 251 Å². The van der Waals surface area contributed by atoms with Gasteiger partial charge in [-0.1, -0.05) is 136 Å². The second-order valence-electron chi connectivity index (χ2n) is 12.7. The molecule has 2 saturated carbocycles. The van der Waals surface area contributed by atoms with Crippen molar-refractivity contribution in [1.82, 2.24) is 0 Å². The van der Waals surface area contributed by atoms with Gasteiger partial charge in [-0.25, -0.2) is 0 Å². The van der Waals surface area contributed by atoms with Crippen LogP contribution in [-0.2, 0) is 0 Å². The van der Waals surface area contributed by atoms with Crippen LogP contribution in [0.2, 0.25) is 0 Å². The zero-order valence-corrected chi connectivity index (χ0v) is 24.8. The summed E-state index contributed by atoms with van der Waals surface area (Å²) in [5, 5.41) is 5.16. The Hall–Kier alpha value is -3.90. The highest BCUT2D eigenvalue weighted by molar-refractivity contribution is 6.00. The average molecular weight is 547 g/mol. The van der Waals surface area contributed by atoms with Crippen molar-refractivity contribution < 1.29 is 0 Å². The number of benzene rings is 5. The summed E-state index contributed by atoms with van der Waals surface area (Å²) < 4.78 is 0. The topological polar surface area (TPSA) is 0 Å². The molecule has 0 radical (unpaired) electrons. The quantitative estimate of drug-likeness (QED) is 0.147. The van der Waals surface area contributed by atoms with E-state index in [1.807, 2.05) is 0 Å². The summed E-state index contributed by atoms with van der Waals surface area (Å²) in [7, 11) is 0. The number of hydrogen-bond donors (Lipinski definition) is 0. The Bertz CT molecular complexity index is 1570. The molecule has 0 amide bonds. The molecule has 0 unspecified atom stereocenters. The Morgan fingerprint density at radius 3 is 1.10 bits per heavy atom. The third-order valence-corrected chi connectivity index (χ3v) is 9.81. The Morgan fingerprint density at radius 2 is 0.690 bits per heavy atom. The first-order valence-electron chi connectivity index (χ1n) is 16.3. The first-order valence-corrected chi connectivity index (χ1v) is 16.3. The smallest absolute Gasteiger partial charge is 0.0162 e. The average Bonchev–Trinajstić information content (AvgIpc) is 3.06. The lowest BCUT2D eigenvalue weighted by atomic mass is 9.84. The predicted molar refractivity (Wildman–Crippen MR) is 184 cm³/mol. The minimum atomic E-state index is 0.766. The van der Waals surface area contributed by atoms with Gasteiger partial charge < -0.3 is 0 Å². The van der Waals surface area contributed by atoms with E-state index in [1.165, 1.54) is 119 Å². The van der Waals surface area contributed by atoms with E-state index in [-0.39, 0.29) is 0 Å². The summed E-state index contributed by atoms with van der Waals surface area (Å²) in [4.78, 5) is 0. The van der Waals surface area contributed by atoms with Crippen molar-refractivity contribution in [1.29, 1.82) is 0 Å².